The quantitative estimate of drug-likeness (QED) is 0.116. The van der Waals surface area contributed by atoms with E-state index in [4.69, 9.17) is 4.42 Å². The van der Waals surface area contributed by atoms with Crippen LogP contribution in [0.15, 0.2) is 150 Å². The zero-order chi connectivity index (χ0) is 39.2. The van der Waals surface area contributed by atoms with Gasteiger partial charge in [-0.3, -0.25) is 0 Å². The van der Waals surface area contributed by atoms with Gasteiger partial charge in [-0.2, -0.15) is 0 Å². The second-order valence-corrected chi connectivity index (χ2v) is 16.4. The molecule has 286 valence electrons. The number of hydrogen-bond acceptors (Lipinski definition) is 3. The maximum absolute atomic E-state index is 6.66. The zero-order valence-corrected chi connectivity index (χ0v) is 34.1. The summed E-state index contributed by atoms with van der Waals surface area (Å²) in [5.41, 5.74) is 19.7. The SMILES string of the molecule is CCCCc1ccc(N2B3c4cc(CCCC)ccc4N(c4ccc(CCCC)cc4)c4cc(-c5ccccc5)cc(c43)-c3cc4c(cc32)oc2ccccc24)cc1. The van der Waals surface area contributed by atoms with Gasteiger partial charge in [0.2, 0.25) is 0 Å². The molecule has 8 aromatic rings. The van der Waals surface area contributed by atoms with Crippen molar-refractivity contribution in [2.24, 2.45) is 0 Å². The lowest BCUT2D eigenvalue weighted by molar-refractivity contribution is 0.669. The first-order valence-corrected chi connectivity index (χ1v) is 21.7. The number of aryl methyl sites for hydroxylation is 3. The summed E-state index contributed by atoms with van der Waals surface area (Å²) in [5.74, 6) is 0. The van der Waals surface area contributed by atoms with E-state index in [9.17, 15) is 0 Å². The fourth-order valence-electron chi connectivity index (χ4n) is 9.52. The number of furan rings is 1. The average Bonchev–Trinajstić information content (AvgIpc) is 3.64. The van der Waals surface area contributed by atoms with E-state index in [1.165, 1.54) is 117 Å². The lowest BCUT2D eigenvalue weighted by Crippen LogP contribution is -2.61. The van der Waals surface area contributed by atoms with Crippen molar-refractivity contribution in [3.8, 4) is 22.3 Å². The summed E-state index contributed by atoms with van der Waals surface area (Å²) in [6.45, 7) is 6.78. The molecule has 0 amide bonds. The molecule has 0 radical (unpaired) electrons. The van der Waals surface area contributed by atoms with Crippen LogP contribution in [0.25, 0.3) is 44.2 Å². The number of hydrogen-bond donors (Lipinski definition) is 0. The van der Waals surface area contributed by atoms with Crippen LogP contribution in [0.3, 0.4) is 0 Å². The van der Waals surface area contributed by atoms with Gasteiger partial charge in [0.15, 0.2) is 0 Å². The van der Waals surface area contributed by atoms with Crippen LogP contribution in [0.1, 0.15) is 76.0 Å². The molecule has 2 aliphatic heterocycles. The molecule has 0 fully saturated rings. The summed E-state index contributed by atoms with van der Waals surface area (Å²) >= 11 is 0. The normalized spacial score (nSPS) is 12.9. The Labute approximate surface area is 344 Å². The van der Waals surface area contributed by atoms with Crippen LogP contribution in [0.4, 0.5) is 28.4 Å². The molecule has 0 atom stereocenters. The van der Waals surface area contributed by atoms with Gasteiger partial charge in [0.1, 0.15) is 11.2 Å². The number of benzene rings is 7. The van der Waals surface area contributed by atoms with Gasteiger partial charge in [-0.1, -0.05) is 125 Å². The van der Waals surface area contributed by atoms with Crippen LogP contribution in [-0.4, -0.2) is 6.85 Å². The molecular formula is C54H51BN2O. The van der Waals surface area contributed by atoms with Crippen molar-refractivity contribution >= 4 is 68.1 Å². The van der Waals surface area contributed by atoms with E-state index < -0.39 is 0 Å². The lowest BCUT2D eigenvalue weighted by atomic mass is 9.43. The summed E-state index contributed by atoms with van der Waals surface area (Å²) in [5, 5.41) is 2.30. The monoisotopic (exact) mass is 754 g/mol. The molecule has 2 aliphatic rings. The van der Waals surface area contributed by atoms with Crippen LogP contribution in [0.2, 0.25) is 0 Å². The van der Waals surface area contributed by atoms with Crippen LogP contribution < -0.4 is 20.6 Å². The highest BCUT2D eigenvalue weighted by atomic mass is 16.3. The van der Waals surface area contributed by atoms with Crippen LogP contribution in [-0.2, 0) is 19.3 Å². The van der Waals surface area contributed by atoms with E-state index in [2.05, 4.69) is 176 Å². The van der Waals surface area contributed by atoms with Crippen molar-refractivity contribution in [2.45, 2.75) is 78.6 Å². The molecule has 0 unspecified atom stereocenters. The van der Waals surface area contributed by atoms with Crippen LogP contribution in [0, 0.1) is 0 Å². The van der Waals surface area contributed by atoms with Crippen molar-refractivity contribution in [1.29, 1.82) is 0 Å². The molecule has 1 aromatic heterocycles. The third-order valence-corrected chi connectivity index (χ3v) is 12.6. The Balaban J connectivity index is 1.29. The van der Waals surface area contributed by atoms with Crippen molar-refractivity contribution in [3.63, 3.8) is 0 Å². The summed E-state index contributed by atoms with van der Waals surface area (Å²) in [6, 6.07) is 55.2. The van der Waals surface area contributed by atoms with E-state index in [1.807, 2.05) is 0 Å². The number of rotatable bonds is 12. The molecular weight excluding hydrogens is 703 g/mol. The molecule has 0 aliphatic carbocycles. The van der Waals surface area contributed by atoms with Crippen molar-refractivity contribution in [3.05, 3.63) is 162 Å². The molecule has 3 nitrogen and oxygen atoms in total. The largest absolute Gasteiger partial charge is 0.456 e. The molecule has 3 heterocycles. The van der Waals surface area contributed by atoms with E-state index in [0.29, 0.717) is 0 Å². The first kappa shape index (κ1) is 36.4. The molecule has 4 heteroatoms. The zero-order valence-electron chi connectivity index (χ0n) is 34.1. The third kappa shape index (κ3) is 6.31. The predicted molar refractivity (Wildman–Crippen MR) is 249 cm³/mol. The molecule has 0 spiro atoms. The molecule has 0 saturated heterocycles. The van der Waals surface area contributed by atoms with Gasteiger partial charge in [0.05, 0.1) is 0 Å². The van der Waals surface area contributed by atoms with Gasteiger partial charge in [0, 0.05) is 50.8 Å². The Bertz CT molecular complexity index is 2750. The number of fused-ring (bicyclic) bond motifs is 7. The number of unbranched alkanes of at least 4 members (excludes halogenated alkanes) is 3. The lowest BCUT2D eigenvalue weighted by Gasteiger charge is -2.46. The van der Waals surface area contributed by atoms with Crippen LogP contribution >= 0.6 is 0 Å². The molecule has 7 aromatic carbocycles. The minimum absolute atomic E-state index is 0.0534. The Kier molecular flexibility index (Phi) is 9.65. The van der Waals surface area contributed by atoms with Gasteiger partial charge in [-0.25, -0.2) is 0 Å². The number of anilines is 5. The van der Waals surface area contributed by atoms with E-state index in [0.717, 1.165) is 41.2 Å². The van der Waals surface area contributed by atoms with Gasteiger partial charge >= 0.3 is 6.85 Å². The highest BCUT2D eigenvalue weighted by Gasteiger charge is 2.45. The molecule has 58 heavy (non-hydrogen) atoms. The van der Waals surface area contributed by atoms with E-state index in [-0.39, 0.29) is 6.85 Å². The highest BCUT2D eigenvalue weighted by molar-refractivity contribution is 6.93. The Morgan fingerprint density at radius 3 is 1.81 bits per heavy atom. The first-order chi connectivity index (χ1) is 28.6. The van der Waals surface area contributed by atoms with Gasteiger partial charge in [-0.15, -0.1) is 0 Å². The fraction of sp³-hybridized carbons (Fsp3) is 0.222. The second-order valence-electron chi connectivity index (χ2n) is 16.4. The number of nitrogens with zero attached hydrogens (tertiary/aromatic N) is 2. The van der Waals surface area contributed by atoms with Gasteiger partial charge in [0.25, 0.3) is 0 Å². The Hall–Kier alpha value is -6.00. The van der Waals surface area contributed by atoms with Gasteiger partial charge in [-0.05, 0) is 137 Å². The smallest absolute Gasteiger partial charge is 0.333 e. The maximum atomic E-state index is 6.66. The van der Waals surface area contributed by atoms with Crippen molar-refractivity contribution < 1.29 is 4.42 Å². The van der Waals surface area contributed by atoms with Crippen LogP contribution in [0.5, 0.6) is 0 Å². The number of para-hydroxylation sites is 1. The minimum Gasteiger partial charge on any atom is -0.456 e. The first-order valence-electron chi connectivity index (χ1n) is 21.7. The predicted octanol–water partition coefficient (Wildman–Crippen LogP) is 14.0. The molecule has 0 saturated carbocycles. The highest BCUT2D eigenvalue weighted by Crippen LogP contribution is 2.50. The van der Waals surface area contributed by atoms with Gasteiger partial charge < -0.3 is 14.1 Å². The maximum Gasteiger partial charge on any atom is 0.333 e. The standard InChI is InChI=1S/C54H51BN2O/c1-4-7-15-37-22-27-42(28-23-37)56-49-31-26-39(17-9-6-3)32-48(49)55-54-47(33-41(34-51(54)56)40-18-11-10-12-19-40)45-35-46-44-20-13-14-21-52(44)58-53(46)36-50(45)57(55)43-29-24-38(25-30-43)16-8-5-2/h10-14,18-36H,4-9,15-17H2,1-3H3. The summed E-state index contributed by atoms with van der Waals surface area (Å²) in [4.78, 5) is 5.19. The van der Waals surface area contributed by atoms with Crippen molar-refractivity contribution in [2.75, 3.05) is 9.71 Å². The fourth-order valence-corrected chi connectivity index (χ4v) is 9.52. The van der Waals surface area contributed by atoms with Crippen molar-refractivity contribution in [1.82, 2.24) is 0 Å². The average molecular weight is 755 g/mol. The Morgan fingerprint density at radius 2 is 1.10 bits per heavy atom. The second kappa shape index (κ2) is 15.4. The topological polar surface area (TPSA) is 19.6 Å². The molecule has 0 N–H and O–H groups in total. The minimum atomic E-state index is -0.0534. The Morgan fingerprint density at radius 1 is 0.466 bits per heavy atom. The molecule has 0 bridgehead atoms. The summed E-state index contributed by atoms with van der Waals surface area (Å²) in [7, 11) is 0. The van der Waals surface area contributed by atoms with E-state index >= 15 is 0 Å². The summed E-state index contributed by atoms with van der Waals surface area (Å²) in [6.07, 6.45) is 10.4. The van der Waals surface area contributed by atoms with E-state index in [1.54, 1.807) is 0 Å². The summed E-state index contributed by atoms with van der Waals surface area (Å²) < 4.78 is 6.66. The third-order valence-electron chi connectivity index (χ3n) is 12.6. The molecule has 10 rings (SSSR count).